The Balaban J connectivity index is 3.14. The van der Waals surface area contributed by atoms with E-state index >= 15 is 0 Å². The van der Waals surface area contributed by atoms with Crippen molar-refractivity contribution >= 4 is 35.6 Å². The van der Waals surface area contributed by atoms with Gasteiger partial charge in [-0.15, -0.1) is 0 Å². The molecule has 1 rings (SSSR count). The summed E-state index contributed by atoms with van der Waals surface area (Å²) in [6, 6.07) is 0.543. The summed E-state index contributed by atoms with van der Waals surface area (Å²) in [4.78, 5) is 70.1. The number of phenols is 1. The number of carboxylic acids is 3. The molecule has 14 nitrogen and oxygen atoms in total. The fourth-order valence-corrected chi connectivity index (χ4v) is 2.63. The van der Waals surface area contributed by atoms with Crippen molar-refractivity contribution < 1.29 is 49.2 Å². The van der Waals surface area contributed by atoms with Crippen molar-refractivity contribution in [3.63, 3.8) is 0 Å². The van der Waals surface area contributed by atoms with Crippen molar-refractivity contribution in [3.05, 3.63) is 29.8 Å². The lowest BCUT2D eigenvalue weighted by Gasteiger charge is -2.24. The highest BCUT2D eigenvalue weighted by Gasteiger charge is 2.31. The van der Waals surface area contributed by atoms with Gasteiger partial charge in [-0.25, -0.2) is 4.79 Å². The molecule has 9 N–H and O–H groups in total. The number of carbonyl (C=O) groups excluding carboxylic acids is 3. The van der Waals surface area contributed by atoms with Gasteiger partial charge in [0.1, 0.15) is 23.9 Å². The molecule has 0 radical (unpaired) electrons. The number of aliphatic carboxylic acids is 3. The largest absolute Gasteiger partial charge is 0.508 e. The maximum absolute atomic E-state index is 12.7. The third kappa shape index (κ3) is 9.65. The van der Waals surface area contributed by atoms with E-state index in [-0.39, 0.29) is 12.2 Å². The molecule has 0 bridgehead atoms. The second-order valence-corrected chi connectivity index (χ2v) is 6.85. The van der Waals surface area contributed by atoms with Crippen molar-refractivity contribution in [1.29, 1.82) is 0 Å². The summed E-state index contributed by atoms with van der Waals surface area (Å²) in [5, 5.41) is 42.7. The van der Waals surface area contributed by atoms with Crippen LogP contribution in [0, 0.1) is 0 Å². The molecular formula is C19H24N4O10. The van der Waals surface area contributed by atoms with Crippen LogP contribution in [0.15, 0.2) is 24.3 Å². The van der Waals surface area contributed by atoms with Crippen LogP contribution in [0.4, 0.5) is 0 Å². The minimum Gasteiger partial charge on any atom is -0.508 e. The van der Waals surface area contributed by atoms with Gasteiger partial charge >= 0.3 is 17.9 Å². The lowest BCUT2D eigenvalue weighted by atomic mass is 10.0. The highest BCUT2D eigenvalue weighted by molar-refractivity contribution is 5.95. The van der Waals surface area contributed by atoms with Gasteiger partial charge in [0, 0.05) is 6.42 Å². The molecule has 33 heavy (non-hydrogen) atoms. The molecule has 0 aliphatic carbocycles. The van der Waals surface area contributed by atoms with Gasteiger partial charge in [-0.05, 0) is 17.7 Å². The van der Waals surface area contributed by atoms with Crippen LogP contribution in [0.3, 0.4) is 0 Å². The lowest BCUT2D eigenvalue weighted by molar-refractivity contribution is -0.147. The Bertz CT molecular complexity index is 902. The van der Waals surface area contributed by atoms with Gasteiger partial charge in [-0.1, -0.05) is 12.1 Å². The molecule has 0 fully saturated rings. The zero-order valence-electron chi connectivity index (χ0n) is 17.2. The number of hydrogen-bond acceptors (Lipinski definition) is 8. The number of nitrogens with two attached hydrogens (primary N) is 1. The number of rotatable bonds is 13. The summed E-state index contributed by atoms with van der Waals surface area (Å²) < 4.78 is 0. The van der Waals surface area contributed by atoms with E-state index in [1.165, 1.54) is 24.3 Å². The third-order valence-electron chi connectivity index (χ3n) is 4.22. The van der Waals surface area contributed by atoms with E-state index in [4.69, 9.17) is 21.1 Å². The summed E-state index contributed by atoms with van der Waals surface area (Å²) in [5.74, 6) is -7.59. The molecule has 0 saturated carbocycles. The number of benzene rings is 1. The number of hydrogen-bond donors (Lipinski definition) is 8. The summed E-state index contributed by atoms with van der Waals surface area (Å²) in [6.07, 6.45) is -2.00. The standard InChI is InChI=1S/C19H24N4O10/c20-8-14(25)21-12(6-15(26)27)18(31)22-11(5-9-1-3-10(24)4-2-9)17(30)23-13(19(32)33)7-16(28)29/h1-4,11-13,24H,5-8,20H2,(H,21,25)(H,22,31)(H,23,30)(H,26,27)(H,28,29)(H,32,33). The predicted molar refractivity (Wildman–Crippen MR) is 109 cm³/mol. The number of nitrogens with one attached hydrogen (secondary N) is 3. The molecule has 180 valence electrons. The van der Waals surface area contributed by atoms with E-state index in [9.17, 15) is 33.9 Å². The normalized spacial score (nSPS) is 13.1. The summed E-state index contributed by atoms with van der Waals surface area (Å²) in [5.41, 5.74) is 5.57. The van der Waals surface area contributed by atoms with Crippen LogP contribution in [-0.4, -0.2) is 80.7 Å². The summed E-state index contributed by atoms with van der Waals surface area (Å²) in [6.45, 7) is -0.531. The highest BCUT2D eigenvalue weighted by atomic mass is 16.4. The number of aromatic hydroxyl groups is 1. The monoisotopic (exact) mass is 468 g/mol. The van der Waals surface area contributed by atoms with Gasteiger partial charge in [0.25, 0.3) is 0 Å². The van der Waals surface area contributed by atoms with Crippen LogP contribution < -0.4 is 21.7 Å². The van der Waals surface area contributed by atoms with Crippen LogP contribution in [0.25, 0.3) is 0 Å². The Hall–Kier alpha value is -4.20. The SMILES string of the molecule is NCC(=O)NC(CC(=O)O)C(=O)NC(Cc1ccc(O)cc1)C(=O)NC(CC(=O)O)C(=O)O. The quantitative estimate of drug-likeness (QED) is 0.149. The van der Waals surface area contributed by atoms with Crippen molar-refractivity contribution in [2.75, 3.05) is 6.54 Å². The molecule has 14 heteroatoms. The molecule has 0 aliphatic heterocycles. The second kappa shape index (κ2) is 12.6. The second-order valence-electron chi connectivity index (χ2n) is 6.85. The number of amides is 3. The Kier molecular flexibility index (Phi) is 10.3. The van der Waals surface area contributed by atoms with Crippen molar-refractivity contribution in [2.45, 2.75) is 37.4 Å². The van der Waals surface area contributed by atoms with Crippen molar-refractivity contribution in [3.8, 4) is 5.75 Å². The maximum Gasteiger partial charge on any atom is 0.326 e. The van der Waals surface area contributed by atoms with Crippen LogP contribution in [0.1, 0.15) is 18.4 Å². The number of phenolic OH excluding ortho intramolecular Hbond substituents is 1. The Morgan fingerprint density at radius 3 is 1.73 bits per heavy atom. The third-order valence-corrected chi connectivity index (χ3v) is 4.22. The first-order valence-corrected chi connectivity index (χ1v) is 9.47. The topological polar surface area (TPSA) is 245 Å². The van der Waals surface area contributed by atoms with Gasteiger partial charge in [-0.3, -0.25) is 24.0 Å². The zero-order chi connectivity index (χ0) is 25.1. The first kappa shape index (κ1) is 26.8. The minimum absolute atomic E-state index is 0.0813. The first-order valence-electron chi connectivity index (χ1n) is 9.47. The van der Waals surface area contributed by atoms with Gasteiger partial charge < -0.3 is 42.1 Å². The molecule has 0 saturated heterocycles. The molecule has 3 unspecified atom stereocenters. The molecule has 0 heterocycles. The zero-order valence-corrected chi connectivity index (χ0v) is 17.2. The van der Waals surface area contributed by atoms with Crippen LogP contribution in [0.5, 0.6) is 5.75 Å². The molecule has 3 atom stereocenters. The Morgan fingerprint density at radius 1 is 0.758 bits per heavy atom. The van der Waals surface area contributed by atoms with E-state index in [2.05, 4.69) is 10.6 Å². The maximum atomic E-state index is 12.7. The highest BCUT2D eigenvalue weighted by Crippen LogP contribution is 2.12. The smallest absolute Gasteiger partial charge is 0.326 e. The minimum atomic E-state index is -1.80. The average Bonchev–Trinajstić information content (AvgIpc) is 2.72. The van der Waals surface area contributed by atoms with Crippen LogP contribution >= 0.6 is 0 Å². The van der Waals surface area contributed by atoms with Crippen LogP contribution in [-0.2, 0) is 35.2 Å². The lowest BCUT2D eigenvalue weighted by Crippen LogP contribution is -2.57. The number of carbonyl (C=O) groups is 6. The van der Waals surface area contributed by atoms with Gasteiger partial charge in [0.05, 0.1) is 19.4 Å². The number of carboxylic acid groups (broad SMARTS) is 3. The van der Waals surface area contributed by atoms with E-state index in [1.807, 2.05) is 5.32 Å². The van der Waals surface area contributed by atoms with Gasteiger partial charge in [0.2, 0.25) is 17.7 Å². The van der Waals surface area contributed by atoms with Crippen LogP contribution in [0.2, 0.25) is 0 Å². The molecule has 1 aromatic carbocycles. The fourth-order valence-electron chi connectivity index (χ4n) is 2.63. The summed E-state index contributed by atoms with van der Waals surface area (Å²) in [7, 11) is 0. The Morgan fingerprint density at radius 2 is 1.24 bits per heavy atom. The molecule has 1 aromatic rings. The molecule has 0 spiro atoms. The molecule has 0 aromatic heterocycles. The fraction of sp³-hybridized carbons (Fsp3) is 0.368. The summed E-state index contributed by atoms with van der Waals surface area (Å²) >= 11 is 0. The van der Waals surface area contributed by atoms with Crippen molar-refractivity contribution in [2.24, 2.45) is 5.73 Å². The van der Waals surface area contributed by atoms with Gasteiger partial charge in [-0.2, -0.15) is 0 Å². The van der Waals surface area contributed by atoms with E-state index in [1.54, 1.807) is 0 Å². The first-order chi connectivity index (χ1) is 15.4. The molecular weight excluding hydrogens is 444 g/mol. The van der Waals surface area contributed by atoms with E-state index < -0.39 is 73.1 Å². The molecule has 3 amide bonds. The predicted octanol–water partition coefficient (Wildman–Crippen LogP) is -2.62. The van der Waals surface area contributed by atoms with E-state index in [0.717, 1.165) is 0 Å². The van der Waals surface area contributed by atoms with Gasteiger partial charge in [0.15, 0.2) is 0 Å². The Labute approximate surface area is 186 Å². The van der Waals surface area contributed by atoms with E-state index in [0.29, 0.717) is 5.56 Å². The van der Waals surface area contributed by atoms with Crippen molar-refractivity contribution in [1.82, 2.24) is 16.0 Å². The molecule has 0 aliphatic rings. The average molecular weight is 468 g/mol.